The number of carbonyl (C=O) groups excluding carboxylic acids is 1. The zero-order valence-corrected chi connectivity index (χ0v) is 16.9. The third-order valence-electron chi connectivity index (χ3n) is 6.46. The van der Waals surface area contributed by atoms with E-state index >= 15 is 0 Å². The number of amides is 1. The number of methoxy groups -OCH3 is 1. The summed E-state index contributed by atoms with van der Waals surface area (Å²) in [5.41, 5.74) is 4.97. The average molecular weight is 389 g/mol. The van der Waals surface area contributed by atoms with Gasteiger partial charge in [-0.2, -0.15) is 0 Å². The van der Waals surface area contributed by atoms with E-state index in [1.807, 2.05) is 18.2 Å². The number of hydrogen-bond donors (Lipinski definition) is 1. The van der Waals surface area contributed by atoms with Crippen molar-refractivity contribution in [3.63, 3.8) is 0 Å². The third kappa shape index (κ3) is 3.24. The van der Waals surface area contributed by atoms with Crippen LogP contribution in [0.1, 0.15) is 17.7 Å². The summed E-state index contributed by atoms with van der Waals surface area (Å²) in [5, 5.41) is 1.28. The van der Waals surface area contributed by atoms with E-state index < -0.39 is 0 Å². The fraction of sp³-hybridized carbons (Fsp3) is 0.375. The highest BCUT2D eigenvalue weighted by Crippen LogP contribution is 2.33. The van der Waals surface area contributed by atoms with Crippen molar-refractivity contribution in [2.24, 2.45) is 5.92 Å². The van der Waals surface area contributed by atoms with Gasteiger partial charge >= 0.3 is 0 Å². The second-order valence-corrected chi connectivity index (χ2v) is 8.05. The minimum atomic E-state index is 0.0968. The Kier molecular flexibility index (Phi) is 4.66. The number of ether oxygens (including phenoxy) is 1. The van der Waals surface area contributed by atoms with Crippen molar-refractivity contribution in [2.75, 3.05) is 38.2 Å². The Hall–Kier alpha value is -2.95. The Morgan fingerprint density at radius 3 is 2.62 bits per heavy atom. The Morgan fingerprint density at radius 1 is 1.03 bits per heavy atom. The molecule has 0 bridgehead atoms. The molecule has 0 radical (unpaired) electrons. The summed E-state index contributed by atoms with van der Waals surface area (Å²) in [4.78, 5) is 21.2. The molecule has 0 saturated carbocycles. The zero-order chi connectivity index (χ0) is 19.8. The number of rotatable bonds is 3. The molecule has 3 aromatic rings. The molecule has 150 valence electrons. The van der Waals surface area contributed by atoms with Gasteiger partial charge in [-0.25, -0.2) is 0 Å². The molecule has 1 fully saturated rings. The number of H-pyrrole nitrogens is 1. The molecule has 2 heterocycles. The van der Waals surface area contributed by atoms with E-state index in [0.717, 1.165) is 56.9 Å². The largest absolute Gasteiger partial charge is 0.495 e. The zero-order valence-electron chi connectivity index (χ0n) is 16.9. The number of para-hydroxylation sites is 3. The SMILES string of the molecule is COc1ccccc1N1CCN(C(=O)C2CCc3[nH]c4ccccc4c3C2)CC1. The van der Waals surface area contributed by atoms with Gasteiger partial charge in [0.25, 0.3) is 0 Å². The molecule has 1 aliphatic carbocycles. The number of hydrogen-bond acceptors (Lipinski definition) is 3. The smallest absolute Gasteiger partial charge is 0.226 e. The first-order chi connectivity index (χ1) is 14.2. The monoisotopic (exact) mass is 389 g/mol. The molecule has 2 aromatic carbocycles. The maximum atomic E-state index is 13.3. The van der Waals surface area contributed by atoms with Crippen molar-refractivity contribution in [1.29, 1.82) is 0 Å². The second kappa shape index (κ2) is 7.47. The van der Waals surface area contributed by atoms with Crippen molar-refractivity contribution in [3.05, 3.63) is 59.8 Å². The van der Waals surface area contributed by atoms with Crippen LogP contribution in [0.4, 0.5) is 5.69 Å². The van der Waals surface area contributed by atoms with Crippen LogP contribution in [0.3, 0.4) is 0 Å². The minimum Gasteiger partial charge on any atom is -0.495 e. The van der Waals surface area contributed by atoms with Crippen LogP contribution in [-0.4, -0.2) is 49.1 Å². The number of carbonyl (C=O) groups is 1. The molecule has 1 aromatic heterocycles. The molecule has 1 unspecified atom stereocenters. The molecule has 29 heavy (non-hydrogen) atoms. The Morgan fingerprint density at radius 2 is 1.79 bits per heavy atom. The quantitative estimate of drug-likeness (QED) is 0.744. The molecule has 2 aliphatic rings. The number of aryl methyl sites for hydroxylation is 1. The first-order valence-electron chi connectivity index (χ1n) is 10.5. The number of anilines is 1. The summed E-state index contributed by atoms with van der Waals surface area (Å²) >= 11 is 0. The summed E-state index contributed by atoms with van der Waals surface area (Å²) in [6.45, 7) is 3.23. The van der Waals surface area contributed by atoms with Crippen LogP contribution in [0.15, 0.2) is 48.5 Å². The standard InChI is InChI=1S/C24H27N3O2/c1-29-23-9-5-4-8-22(23)26-12-14-27(15-13-26)24(28)17-10-11-21-19(16-17)18-6-2-3-7-20(18)25-21/h2-9,17,25H,10-16H2,1H3. The molecule has 5 rings (SSSR count). The Bertz CT molecular complexity index is 1030. The van der Waals surface area contributed by atoms with Gasteiger partial charge in [0, 0.05) is 48.7 Å². The van der Waals surface area contributed by atoms with Crippen LogP contribution < -0.4 is 9.64 Å². The maximum absolute atomic E-state index is 13.3. The van der Waals surface area contributed by atoms with Crippen LogP contribution in [0, 0.1) is 5.92 Å². The number of nitrogens with one attached hydrogen (secondary N) is 1. The highest BCUT2D eigenvalue weighted by atomic mass is 16.5. The lowest BCUT2D eigenvalue weighted by molar-refractivity contribution is -0.136. The van der Waals surface area contributed by atoms with Crippen molar-refractivity contribution in [3.8, 4) is 5.75 Å². The van der Waals surface area contributed by atoms with Crippen LogP contribution in [-0.2, 0) is 17.6 Å². The normalized spacial score (nSPS) is 19.3. The van der Waals surface area contributed by atoms with Gasteiger partial charge < -0.3 is 19.5 Å². The lowest BCUT2D eigenvalue weighted by Gasteiger charge is -2.38. The molecular weight excluding hydrogens is 362 g/mol. The number of benzene rings is 2. The molecule has 5 heteroatoms. The summed E-state index contributed by atoms with van der Waals surface area (Å²) in [7, 11) is 1.71. The Balaban J connectivity index is 1.27. The van der Waals surface area contributed by atoms with Crippen molar-refractivity contribution in [1.82, 2.24) is 9.88 Å². The molecule has 1 amide bonds. The highest BCUT2D eigenvalue weighted by Gasteiger charge is 2.32. The topological polar surface area (TPSA) is 48.6 Å². The average Bonchev–Trinajstić information content (AvgIpc) is 3.16. The van der Waals surface area contributed by atoms with Gasteiger partial charge in [-0.05, 0) is 43.0 Å². The number of nitrogens with zero attached hydrogens (tertiary/aromatic N) is 2. The third-order valence-corrected chi connectivity index (χ3v) is 6.46. The van der Waals surface area contributed by atoms with Gasteiger partial charge in [-0.1, -0.05) is 30.3 Å². The van der Waals surface area contributed by atoms with E-state index in [0.29, 0.717) is 5.91 Å². The minimum absolute atomic E-state index is 0.0968. The van der Waals surface area contributed by atoms with E-state index in [2.05, 4.69) is 45.1 Å². The first-order valence-corrected chi connectivity index (χ1v) is 10.5. The van der Waals surface area contributed by atoms with E-state index in [1.165, 1.54) is 22.2 Å². The summed E-state index contributed by atoms with van der Waals surface area (Å²) in [5.74, 6) is 1.31. The van der Waals surface area contributed by atoms with E-state index in [4.69, 9.17) is 4.74 Å². The van der Waals surface area contributed by atoms with Gasteiger partial charge in [0.2, 0.25) is 5.91 Å². The van der Waals surface area contributed by atoms with Crippen LogP contribution in [0.2, 0.25) is 0 Å². The molecular formula is C24H27N3O2. The molecule has 5 nitrogen and oxygen atoms in total. The fourth-order valence-electron chi connectivity index (χ4n) is 4.90. The molecule has 1 N–H and O–H groups in total. The van der Waals surface area contributed by atoms with Gasteiger partial charge in [0.15, 0.2) is 0 Å². The van der Waals surface area contributed by atoms with E-state index in [1.54, 1.807) is 7.11 Å². The first kappa shape index (κ1) is 18.1. The predicted molar refractivity (Wildman–Crippen MR) is 116 cm³/mol. The van der Waals surface area contributed by atoms with Gasteiger partial charge in [0.1, 0.15) is 5.75 Å². The highest BCUT2D eigenvalue weighted by molar-refractivity contribution is 5.87. The number of aromatic amines is 1. The van der Waals surface area contributed by atoms with Gasteiger partial charge in [-0.15, -0.1) is 0 Å². The van der Waals surface area contributed by atoms with Gasteiger partial charge in [-0.3, -0.25) is 4.79 Å². The Labute approximate surface area is 171 Å². The summed E-state index contributed by atoms with van der Waals surface area (Å²) in [6, 6.07) is 16.6. The fourth-order valence-corrected chi connectivity index (χ4v) is 4.90. The number of piperazine rings is 1. The summed E-state index contributed by atoms with van der Waals surface area (Å²) in [6.07, 6.45) is 2.75. The van der Waals surface area contributed by atoms with Crippen LogP contribution >= 0.6 is 0 Å². The second-order valence-electron chi connectivity index (χ2n) is 8.05. The van der Waals surface area contributed by atoms with Crippen molar-refractivity contribution >= 4 is 22.5 Å². The van der Waals surface area contributed by atoms with E-state index in [9.17, 15) is 4.79 Å². The number of fused-ring (bicyclic) bond motifs is 3. The summed E-state index contributed by atoms with van der Waals surface area (Å²) < 4.78 is 5.50. The lowest BCUT2D eigenvalue weighted by atomic mass is 9.85. The molecule has 0 spiro atoms. The molecule has 1 atom stereocenters. The van der Waals surface area contributed by atoms with Crippen LogP contribution in [0.25, 0.3) is 10.9 Å². The van der Waals surface area contributed by atoms with Gasteiger partial charge in [0.05, 0.1) is 12.8 Å². The maximum Gasteiger partial charge on any atom is 0.226 e. The van der Waals surface area contributed by atoms with Crippen molar-refractivity contribution < 1.29 is 9.53 Å². The van der Waals surface area contributed by atoms with Crippen LogP contribution in [0.5, 0.6) is 5.75 Å². The van der Waals surface area contributed by atoms with Crippen molar-refractivity contribution in [2.45, 2.75) is 19.3 Å². The number of aromatic nitrogens is 1. The molecule has 1 saturated heterocycles. The molecule has 1 aliphatic heterocycles. The lowest BCUT2D eigenvalue weighted by Crippen LogP contribution is -2.51. The van der Waals surface area contributed by atoms with E-state index in [-0.39, 0.29) is 5.92 Å². The predicted octanol–water partition coefficient (Wildman–Crippen LogP) is 3.63.